The number of hydrogen-bond acceptors (Lipinski definition) is 36. The van der Waals surface area contributed by atoms with E-state index in [4.69, 9.17) is 67.8 Å². The molecule has 0 aliphatic rings. The van der Waals surface area contributed by atoms with Crippen LogP contribution in [0.3, 0.4) is 0 Å². The van der Waals surface area contributed by atoms with Crippen molar-refractivity contribution in [1.29, 1.82) is 0 Å². The molecular weight excluding hydrogens is 1280 g/mol. The van der Waals surface area contributed by atoms with Crippen LogP contribution in [0.15, 0.2) is 0 Å². The molecule has 0 fully saturated rings. The second-order valence-corrected chi connectivity index (χ2v) is 21.6. The summed E-state index contributed by atoms with van der Waals surface area (Å²) < 4.78 is 54.9. The van der Waals surface area contributed by atoms with Crippen LogP contribution in [0.1, 0.15) is 6.42 Å². The molecule has 0 aliphatic carbocycles. The fraction of sp³-hybridized carbons (Fsp3) is 0.946. The summed E-state index contributed by atoms with van der Waals surface area (Å²) in [6.45, 7) is -2.56. The van der Waals surface area contributed by atoms with Gasteiger partial charge in [-0.25, -0.2) is 0 Å². The first-order chi connectivity index (χ1) is 45.4. The third kappa shape index (κ3) is 44.8. The lowest BCUT2D eigenvalue weighted by atomic mass is 10.0. The van der Waals surface area contributed by atoms with Crippen molar-refractivity contribution in [3.63, 3.8) is 0 Å². The number of aliphatic hydroxyl groups excluding tert-OH is 20. The molecule has 0 aromatic heterocycles. The van der Waals surface area contributed by atoms with E-state index < -0.39 is 181 Å². The van der Waals surface area contributed by atoms with E-state index in [0.29, 0.717) is 19.8 Å². The summed E-state index contributed by atoms with van der Waals surface area (Å²) in [6, 6.07) is 0. The SMILES string of the molecule is CNCCOCCOCCC(=O)N(CC(=O)NCCOCCOCCOCCOCCN(C[C@H](O)[C@@H](O)[C@H](O)[C@H](O)CO)C[C@H](O)[C@@H](O)[C@H](O)[C@H](O)CO)CC(=O)NCCOCCOCCOCCOCCN(C[C@H](O)[C@@H](O)[C@H](O)[C@H](O)CO)C[C@H](O)[C@@H](O)[C@H](O)[C@H](O)CO. The van der Waals surface area contributed by atoms with Gasteiger partial charge in [0.25, 0.3) is 0 Å². The van der Waals surface area contributed by atoms with Gasteiger partial charge in [-0.3, -0.25) is 24.2 Å². The van der Waals surface area contributed by atoms with E-state index in [-0.39, 0.29) is 152 Å². The molecule has 3 amide bonds. The number of nitrogens with one attached hydrogen (secondary N) is 3. The van der Waals surface area contributed by atoms with Crippen LogP contribution in [0.2, 0.25) is 0 Å². The topological polar surface area (TPSA) is 594 Å². The number of carbonyl (C=O) groups is 3. The highest BCUT2D eigenvalue weighted by Crippen LogP contribution is 2.13. The van der Waals surface area contributed by atoms with Gasteiger partial charge in [0.05, 0.1) is 189 Å². The molecule has 0 heterocycles. The summed E-state index contributed by atoms with van der Waals surface area (Å²) >= 11 is 0. The lowest BCUT2D eigenvalue weighted by Gasteiger charge is -2.33. The third-order valence-corrected chi connectivity index (χ3v) is 13.9. The van der Waals surface area contributed by atoms with E-state index in [1.807, 2.05) is 0 Å². The second kappa shape index (κ2) is 58.8. The molecule has 566 valence electrons. The lowest BCUT2D eigenvalue weighted by molar-refractivity contribution is -0.140. The van der Waals surface area contributed by atoms with Gasteiger partial charge in [0.2, 0.25) is 17.7 Å². The number of amides is 3. The van der Waals surface area contributed by atoms with Gasteiger partial charge in [-0.2, -0.15) is 0 Å². The molecule has 0 radical (unpaired) electrons. The molecule has 0 rings (SSSR count). The van der Waals surface area contributed by atoms with Crippen LogP contribution in [0.5, 0.6) is 0 Å². The molecule has 0 aromatic carbocycles. The molecule has 0 bridgehead atoms. The van der Waals surface area contributed by atoms with Crippen LogP contribution in [0.25, 0.3) is 0 Å². The van der Waals surface area contributed by atoms with Crippen LogP contribution < -0.4 is 16.0 Å². The van der Waals surface area contributed by atoms with E-state index in [9.17, 15) is 96.1 Å². The highest BCUT2D eigenvalue weighted by molar-refractivity contribution is 5.89. The molecule has 0 unspecified atom stereocenters. The van der Waals surface area contributed by atoms with Gasteiger partial charge in [0, 0.05) is 58.9 Å². The molecule has 0 aliphatic heterocycles. The number of likely N-dealkylation sites (N-methyl/N-ethyl adjacent to an activating group) is 1. The van der Waals surface area contributed by atoms with E-state index >= 15 is 0 Å². The minimum atomic E-state index is -1.93. The lowest BCUT2D eigenvalue weighted by Crippen LogP contribution is -2.53. The highest BCUT2D eigenvalue weighted by atomic mass is 16.6. The molecule has 0 spiro atoms. The molecule has 95 heavy (non-hydrogen) atoms. The Morgan fingerprint density at radius 1 is 0.305 bits per heavy atom. The standard InChI is InChI=1S/C56H114N6O33/c1-57-3-9-87-15-14-86-8-2-48(77)62(32-46(75)58-4-10-88-16-20-92-24-26-94-22-18-90-12-6-60(28-38(67)49(78)53(82)42(71)34-63)29-39(68)50(79)54(83)43(72)35-64)33-47(76)59-5-11-89-17-21-93-25-27-95-23-19-91-13-7-61(30-40(69)51(80)55(84)44(73)36-65)31-41(70)52(81)56(85)45(74)37-66/h38-45,49-57,63-74,78-85H,2-37H2,1H3,(H,58,75)(H,59,76)/t38-,39-,40-,41-,42+,43+,44+,45+,49+,50+,51+,52+,53+,54+,55+,56+/m0/s1. The van der Waals surface area contributed by atoms with Crippen molar-refractivity contribution < 1.29 is 164 Å². The molecule has 16 atom stereocenters. The largest absolute Gasteiger partial charge is 0.394 e. The van der Waals surface area contributed by atoms with Crippen LogP contribution in [0.4, 0.5) is 0 Å². The number of ether oxygens (including phenoxy) is 10. The van der Waals surface area contributed by atoms with Crippen LogP contribution >= 0.6 is 0 Å². The molecule has 0 aromatic rings. The summed E-state index contributed by atoms with van der Waals surface area (Å²) in [4.78, 5) is 42.7. The average Bonchev–Trinajstić information content (AvgIpc) is 1.31. The summed E-state index contributed by atoms with van der Waals surface area (Å²) in [6.07, 6.45) is -29.5. The zero-order valence-electron chi connectivity index (χ0n) is 54.3. The minimum absolute atomic E-state index is 0.0173. The second-order valence-electron chi connectivity index (χ2n) is 21.6. The Kier molecular flexibility index (Phi) is 57.0. The fourth-order valence-electron chi connectivity index (χ4n) is 8.20. The Hall–Kier alpha value is -2.91. The van der Waals surface area contributed by atoms with Gasteiger partial charge in [-0.05, 0) is 7.05 Å². The molecule has 0 saturated carbocycles. The van der Waals surface area contributed by atoms with E-state index in [2.05, 4.69) is 16.0 Å². The number of carbonyl (C=O) groups excluding carboxylic acids is 3. The van der Waals surface area contributed by atoms with Crippen molar-refractivity contribution in [2.75, 3.05) is 238 Å². The summed E-state index contributed by atoms with van der Waals surface area (Å²) in [7, 11) is 1.79. The van der Waals surface area contributed by atoms with Crippen LogP contribution in [-0.4, -0.2) is 470 Å². The Labute approximate surface area is 552 Å². The quantitative estimate of drug-likeness (QED) is 0.0251. The normalized spacial score (nSPS) is 17.3. The fourth-order valence-corrected chi connectivity index (χ4v) is 8.20. The first-order valence-corrected chi connectivity index (χ1v) is 31.4. The minimum Gasteiger partial charge on any atom is -0.394 e. The molecule has 0 saturated heterocycles. The zero-order valence-corrected chi connectivity index (χ0v) is 54.3. The number of nitrogens with zero attached hydrogens (tertiary/aromatic N) is 3. The number of hydrogen-bond donors (Lipinski definition) is 23. The van der Waals surface area contributed by atoms with Gasteiger partial charge in [0.15, 0.2) is 0 Å². The smallest absolute Gasteiger partial charge is 0.239 e. The van der Waals surface area contributed by atoms with Crippen molar-refractivity contribution in [3.8, 4) is 0 Å². The number of aliphatic hydroxyl groups is 20. The maximum absolute atomic E-state index is 13.2. The Balaban J connectivity index is 4.73. The van der Waals surface area contributed by atoms with Crippen molar-refractivity contribution in [1.82, 2.24) is 30.7 Å². The molecule has 23 N–H and O–H groups in total. The Bertz CT molecular complexity index is 1660. The predicted molar refractivity (Wildman–Crippen MR) is 327 cm³/mol. The molecular formula is C56H114N6O33. The van der Waals surface area contributed by atoms with E-state index in [1.54, 1.807) is 7.05 Å². The van der Waals surface area contributed by atoms with Crippen molar-refractivity contribution >= 4 is 17.7 Å². The van der Waals surface area contributed by atoms with E-state index in [0.717, 1.165) is 4.90 Å². The van der Waals surface area contributed by atoms with Gasteiger partial charge in [-0.15, -0.1) is 0 Å². The third-order valence-electron chi connectivity index (χ3n) is 13.9. The van der Waals surface area contributed by atoms with E-state index in [1.165, 1.54) is 9.80 Å². The summed E-state index contributed by atoms with van der Waals surface area (Å²) in [5.74, 6) is -1.61. The van der Waals surface area contributed by atoms with Gasteiger partial charge >= 0.3 is 0 Å². The zero-order chi connectivity index (χ0) is 71.3. The highest BCUT2D eigenvalue weighted by Gasteiger charge is 2.36. The van der Waals surface area contributed by atoms with Gasteiger partial charge in [0.1, 0.15) is 86.3 Å². The summed E-state index contributed by atoms with van der Waals surface area (Å²) in [5.41, 5.74) is 0. The van der Waals surface area contributed by atoms with Crippen molar-refractivity contribution in [2.24, 2.45) is 0 Å². The maximum atomic E-state index is 13.2. The Morgan fingerprint density at radius 3 is 0.779 bits per heavy atom. The predicted octanol–water partition coefficient (Wildman–Crippen LogP) is -14.8. The van der Waals surface area contributed by atoms with Crippen LogP contribution in [0, 0.1) is 0 Å². The van der Waals surface area contributed by atoms with Gasteiger partial charge in [-0.1, -0.05) is 0 Å². The number of rotatable bonds is 67. The first kappa shape index (κ1) is 92.1. The van der Waals surface area contributed by atoms with Crippen molar-refractivity contribution in [2.45, 2.75) is 104 Å². The first-order valence-electron chi connectivity index (χ1n) is 31.4. The monoisotopic (exact) mass is 1400 g/mol. The average molecular weight is 1400 g/mol. The molecule has 39 heteroatoms. The van der Waals surface area contributed by atoms with Crippen molar-refractivity contribution in [3.05, 3.63) is 0 Å². The Morgan fingerprint density at radius 2 is 0.526 bits per heavy atom. The van der Waals surface area contributed by atoms with Crippen LogP contribution in [-0.2, 0) is 61.8 Å². The summed E-state index contributed by atoms with van der Waals surface area (Å²) in [5, 5.41) is 206. The van der Waals surface area contributed by atoms with Gasteiger partial charge < -0.3 is 170 Å². The molecule has 39 nitrogen and oxygen atoms in total. The maximum Gasteiger partial charge on any atom is 0.239 e.